The quantitative estimate of drug-likeness (QED) is 0.439. The van der Waals surface area contributed by atoms with Crippen LogP contribution < -0.4 is 0 Å². The predicted octanol–water partition coefficient (Wildman–Crippen LogP) is 0.130. The Morgan fingerprint density at radius 2 is 2.17 bits per heavy atom. The van der Waals surface area contributed by atoms with Gasteiger partial charge in [0.15, 0.2) is 0 Å². The van der Waals surface area contributed by atoms with E-state index < -0.39 is 11.5 Å². The first-order valence-corrected chi connectivity index (χ1v) is 3.75. The van der Waals surface area contributed by atoms with Gasteiger partial charge in [-0.25, -0.2) is 0 Å². The lowest BCUT2D eigenvalue weighted by atomic mass is 10.2. The third-order valence-corrected chi connectivity index (χ3v) is 2.36. The summed E-state index contributed by atoms with van der Waals surface area (Å²) in [6, 6.07) is 0. The van der Waals surface area contributed by atoms with E-state index in [4.69, 9.17) is 0 Å². The highest BCUT2D eigenvalue weighted by Crippen LogP contribution is 2.46. The van der Waals surface area contributed by atoms with Crippen molar-refractivity contribution in [1.29, 1.82) is 0 Å². The third kappa shape index (κ3) is 1.15. The summed E-state index contributed by atoms with van der Waals surface area (Å²) in [6.45, 7) is 1.51. The summed E-state index contributed by atoms with van der Waals surface area (Å²) in [6.07, 6.45) is 0.372. The molecule has 5 nitrogen and oxygen atoms in total. The second-order valence-electron chi connectivity index (χ2n) is 3.60. The highest BCUT2D eigenvalue weighted by molar-refractivity contribution is 5.82. The van der Waals surface area contributed by atoms with Crippen LogP contribution in [0.25, 0.3) is 0 Å². The lowest BCUT2D eigenvalue weighted by Gasteiger charge is -2.09. The molecule has 0 aromatic rings. The van der Waals surface area contributed by atoms with Gasteiger partial charge in [-0.1, -0.05) is 0 Å². The lowest BCUT2D eigenvalue weighted by molar-refractivity contribution is -0.536. The Hall–Kier alpha value is -1.13. The fraction of sp³-hybridized carbons (Fsp3) is 0.857. The number of nitrogens with zero attached hydrogens (tertiary/aromatic N) is 2. The summed E-state index contributed by atoms with van der Waals surface area (Å²) in [5.41, 5.74) is -0.999. The van der Waals surface area contributed by atoms with Crippen LogP contribution in [0.3, 0.4) is 0 Å². The van der Waals surface area contributed by atoms with Crippen molar-refractivity contribution < 1.29 is 9.72 Å². The van der Waals surface area contributed by atoms with E-state index in [1.54, 1.807) is 14.1 Å². The molecule has 1 amide bonds. The van der Waals surface area contributed by atoms with Crippen LogP contribution in [0.15, 0.2) is 0 Å². The van der Waals surface area contributed by atoms with Gasteiger partial charge in [0, 0.05) is 32.4 Å². The highest BCUT2D eigenvalue weighted by Gasteiger charge is 2.66. The van der Waals surface area contributed by atoms with Gasteiger partial charge in [-0.2, -0.15) is 0 Å². The molecule has 0 aromatic heterocycles. The zero-order valence-corrected chi connectivity index (χ0v) is 7.40. The summed E-state index contributed by atoms with van der Waals surface area (Å²) < 4.78 is 0. The van der Waals surface area contributed by atoms with Gasteiger partial charge in [0.2, 0.25) is 11.4 Å². The minimum Gasteiger partial charge on any atom is -0.348 e. The molecule has 68 valence electrons. The first-order chi connectivity index (χ1) is 5.39. The number of nitro groups is 1. The first-order valence-electron chi connectivity index (χ1n) is 3.75. The standard InChI is InChI=1S/C7H12N2O3/c1-7(9(11)12)4-5(7)6(10)8(2)3/h5H,4H2,1-3H3. The van der Waals surface area contributed by atoms with E-state index in [2.05, 4.69) is 0 Å². The van der Waals surface area contributed by atoms with Gasteiger partial charge in [-0.15, -0.1) is 0 Å². The predicted molar refractivity (Wildman–Crippen MR) is 42.2 cm³/mol. The zero-order chi connectivity index (χ0) is 9.52. The molecule has 1 rings (SSSR count). The number of hydrogen-bond donors (Lipinski definition) is 0. The van der Waals surface area contributed by atoms with Crippen LogP contribution in [0.4, 0.5) is 0 Å². The molecule has 0 aliphatic heterocycles. The maximum absolute atomic E-state index is 11.2. The van der Waals surface area contributed by atoms with Crippen LogP contribution in [0.2, 0.25) is 0 Å². The van der Waals surface area contributed by atoms with Crippen molar-refractivity contribution in [3.8, 4) is 0 Å². The molecule has 12 heavy (non-hydrogen) atoms. The van der Waals surface area contributed by atoms with Gasteiger partial charge in [0.1, 0.15) is 5.92 Å². The van der Waals surface area contributed by atoms with Gasteiger partial charge < -0.3 is 4.90 Å². The summed E-state index contributed by atoms with van der Waals surface area (Å²) in [7, 11) is 3.22. The maximum Gasteiger partial charge on any atom is 0.232 e. The van der Waals surface area contributed by atoms with Crippen LogP contribution in [-0.2, 0) is 4.79 Å². The number of amides is 1. The Morgan fingerprint density at radius 3 is 2.42 bits per heavy atom. The Balaban J connectivity index is 2.63. The second kappa shape index (κ2) is 2.43. The van der Waals surface area contributed by atoms with Crippen molar-refractivity contribution in [2.75, 3.05) is 14.1 Å². The largest absolute Gasteiger partial charge is 0.348 e. The Labute approximate surface area is 70.5 Å². The van der Waals surface area contributed by atoms with Gasteiger partial charge in [-0.05, 0) is 0 Å². The minimum absolute atomic E-state index is 0.144. The van der Waals surface area contributed by atoms with Crippen LogP contribution in [0.5, 0.6) is 0 Å². The summed E-state index contributed by atoms with van der Waals surface area (Å²) >= 11 is 0. The van der Waals surface area contributed by atoms with Crippen LogP contribution in [-0.4, -0.2) is 35.4 Å². The number of hydrogen-bond acceptors (Lipinski definition) is 3. The number of rotatable bonds is 2. The molecule has 1 aliphatic rings. The molecule has 1 fully saturated rings. The van der Waals surface area contributed by atoms with Crippen molar-refractivity contribution in [3.63, 3.8) is 0 Å². The lowest BCUT2D eigenvalue weighted by Crippen LogP contribution is -2.30. The molecule has 0 aromatic carbocycles. The average Bonchev–Trinajstić information content (AvgIpc) is 2.62. The van der Waals surface area contributed by atoms with E-state index in [0.29, 0.717) is 6.42 Å². The van der Waals surface area contributed by atoms with Crippen molar-refractivity contribution in [2.45, 2.75) is 18.9 Å². The van der Waals surface area contributed by atoms with E-state index in [1.807, 2.05) is 0 Å². The number of carbonyl (C=O) groups is 1. The molecular formula is C7H12N2O3. The minimum atomic E-state index is -0.999. The fourth-order valence-electron chi connectivity index (χ4n) is 1.22. The van der Waals surface area contributed by atoms with E-state index in [1.165, 1.54) is 11.8 Å². The van der Waals surface area contributed by atoms with Gasteiger partial charge in [-0.3, -0.25) is 14.9 Å². The molecule has 0 bridgehead atoms. The third-order valence-electron chi connectivity index (χ3n) is 2.36. The topological polar surface area (TPSA) is 63.5 Å². The van der Waals surface area contributed by atoms with E-state index >= 15 is 0 Å². The summed E-state index contributed by atoms with van der Waals surface area (Å²) in [5.74, 6) is -0.559. The van der Waals surface area contributed by atoms with Crippen molar-refractivity contribution >= 4 is 5.91 Å². The fourth-order valence-corrected chi connectivity index (χ4v) is 1.22. The van der Waals surface area contributed by atoms with E-state index in [0.717, 1.165) is 0 Å². The smallest absolute Gasteiger partial charge is 0.232 e. The SMILES string of the molecule is CN(C)C(=O)C1CC1(C)[N+](=O)[O-]. The van der Waals surface area contributed by atoms with Gasteiger partial charge >= 0.3 is 0 Å². The van der Waals surface area contributed by atoms with Gasteiger partial charge in [0.05, 0.1) is 0 Å². The normalized spacial score (nSPS) is 32.8. The van der Waals surface area contributed by atoms with E-state index in [-0.39, 0.29) is 10.8 Å². The summed E-state index contributed by atoms with van der Waals surface area (Å²) in [4.78, 5) is 22.7. The van der Waals surface area contributed by atoms with E-state index in [9.17, 15) is 14.9 Å². The number of carbonyl (C=O) groups excluding carboxylic acids is 1. The molecule has 1 aliphatic carbocycles. The maximum atomic E-state index is 11.2. The molecule has 2 atom stereocenters. The van der Waals surface area contributed by atoms with Crippen molar-refractivity contribution in [1.82, 2.24) is 4.90 Å². The highest BCUT2D eigenvalue weighted by atomic mass is 16.6. The monoisotopic (exact) mass is 172 g/mol. The molecule has 0 spiro atoms. The zero-order valence-electron chi connectivity index (χ0n) is 7.40. The molecule has 1 saturated carbocycles. The second-order valence-corrected chi connectivity index (χ2v) is 3.60. The van der Waals surface area contributed by atoms with Gasteiger partial charge in [0.25, 0.3) is 0 Å². The molecule has 0 saturated heterocycles. The molecular weight excluding hydrogens is 160 g/mol. The van der Waals surface area contributed by atoms with Crippen LogP contribution in [0, 0.1) is 16.0 Å². The Kier molecular flexibility index (Phi) is 1.82. The van der Waals surface area contributed by atoms with Crippen molar-refractivity contribution in [3.05, 3.63) is 10.1 Å². The summed E-state index contributed by atoms with van der Waals surface area (Å²) in [5, 5.41) is 10.5. The molecule has 0 radical (unpaired) electrons. The van der Waals surface area contributed by atoms with Crippen LogP contribution in [0.1, 0.15) is 13.3 Å². The Morgan fingerprint density at radius 1 is 1.67 bits per heavy atom. The molecule has 2 unspecified atom stereocenters. The molecule has 0 heterocycles. The van der Waals surface area contributed by atoms with Crippen LogP contribution >= 0.6 is 0 Å². The molecule has 5 heteroatoms. The first kappa shape index (κ1) is 8.96. The molecule has 0 N–H and O–H groups in total. The van der Waals surface area contributed by atoms with Crippen molar-refractivity contribution in [2.24, 2.45) is 5.92 Å². The average molecular weight is 172 g/mol. The Bertz CT molecular complexity index is 239.